The number of rotatable bonds is 6. The predicted molar refractivity (Wildman–Crippen MR) is 78.7 cm³/mol. The number of esters is 1. The molecule has 3 atom stereocenters. The van der Waals surface area contributed by atoms with Gasteiger partial charge in [-0.3, -0.25) is 9.59 Å². The van der Waals surface area contributed by atoms with Crippen molar-refractivity contribution in [2.75, 3.05) is 13.7 Å². The molecule has 1 saturated carbocycles. The summed E-state index contributed by atoms with van der Waals surface area (Å²) in [7, 11) is 1.41. The first-order valence-corrected chi connectivity index (χ1v) is 8.11. The van der Waals surface area contributed by atoms with Crippen LogP contribution in [0.3, 0.4) is 0 Å². The number of ether oxygens (including phenoxy) is 2. The van der Waals surface area contributed by atoms with Gasteiger partial charge in [0.2, 0.25) is 5.91 Å². The van der Waals surface area contributed by atoms with E-state index in [1.807, 2.05) is 0 Å². The molecule has 2 aliphatic rings. The molecule has 2 rings (SSSR count). The summed E-state index contributed by atoms with van der Waals surface area (Å²) in [4.78, 5) is 24.0. The van der Waals surface area contributed by atoms with Gasteiger partial charge in [0.1, 0.15) is 0 Å². The molecule has 0 aromatic heterocycles. The van der Waals surface area contributed by atoms with Crippen molar-refractivity contribution in [3.8, 4) is 0 Å². The summed E-state index contributed by atoms with van der Waals surface area (Å²) >= 11 is 0. The molecule has 1 aliphatic heterocycles. The van der Waals surface area contributed by atoms with E-state index in [9.17, 15) is 9.59 Å². The Kier molecular flexibility index (Phi) is 5.62. The minimum atomic E-state index is -0.236. The molecule has 3 unspecified atom stereocenters. The Hall–Kier alpha value is -1.10. The van der Waals surface area contributed by atoms with Crippen molar-refractivity contribution in [3.63, 3.8) is 0 Å². The maximum atomic E-state index is 12.1. The van der Waals surface area contributed by atoms with E-state index in [4.69, 9.17) is 9.47 Å². The topological polar surface area (TPSA) is 64.6 Å². The lowest BCUT2D eigenvalue weighted by Gasteiger charge is -2.49. The number of nitrogens with one attached hydrogen (secondary N) is 1. The summed E-state index contributed by atoms with van der Waals surface area (Å²) in [6.07, 6.45) is 6.96. The molecule has 1 aliphatic carbocycles. The van der Waals surface area contributed by atoms with Gasteiger partial charge in [0.15, 0.2) is 0 Å². The summed E-state index contributed by atoms with van der Waals surface area (Å²) in [6, 6.07) is -0.152. The van der Waals surface area contributed by atoms with Crippen molar-refractivity contribution in [2.24, 2.45) is 5.92 Å². The Bertz CT molecular complexity index is 378. The average molecular weight is 297 g/mol. The standard InChI is InChI=1S/C16H27NO4/c1-3-4-5-6-14(18)17-13-11-16(9-10-21-16)8-7-12(13)15(19)20-2/h12-13H,3-11H2,1-2H3,(H,17,18). The quantitative estimate of drug-likeness (QED) is 0.603. The summed E-state index contributed by atoms with van der Waals surface area (Å²) in [5.74, 6) is -0.415. The summed E-state index contributed by atoms with van der Waals surface area (Å²) in [5, 5.41) is 3.05. The number of hydrogen-bond donors (Lipinski definition) is 1. The van der Waals surface area contributed by atoms with Gasteiger partial charge in [-0.05, 0) is 32.1 Å². The van der Waals surface area contributed by atoms with Crippen LogP contribution >= 0.6 is 0 Å². The highest BCUT2D eigenvalue weighted by Crippen LogP contribution is 2.42. The van der Waals surface area contributed by atoms with Crippen molar-refractivity contribution < 1.29 is 19.1 Å². The van der Waals surface area contributed by atoms with Gasteiger partial charge in [-0.25, -0.2) is 0 Å². The number of hydrogen-bond acceptors (Lipinski definition) is 4. The van der Waals surface area contributed by atoms with Crippen LogP contribution in [0.5, 0.6) is 0 Å². The van der Waals surface area contributed by atoms with Gasteiger partial charge in [0, 0.05) is 12.5 Å². The highest BCUT2D eigenvalue weighted by molar-refractivity contribution is 5.78. The fourth-order valence-corrected chi connectivity index (χ4v) is 3.41. The molecular weight excluding hydrogens is 270 g/mol. The zero-order chi connectivity index (χ0) is 15.3. The van der Waals surface area contributed by atoms with Gasteiger partial charge in [-0.2, -0.15) is 0 Å². The Morgan fingerprint density at radius 2 is 2.10 bits per heavy atom. The zero-order valence-corrected chi connectivity index (χ0v) is 13.2. The van der Waals surface area contributed by atoms with Crippen LogP contribution in [0.2, 0.25) is 0 Å². The molecule has 2 fully saturated rings. The Labute approximate surface area is 126 Å². The Morgan fingerprint density at radius 1 is 1.33 bits per heavy atom. The van der Waals surface area contributed by atoms with Gasteiger partial charge in [-0.1, -0.05) is 19.8 Å². The maximum absolute atomic E-state index is 12.1. The Balaban J connectivity index is 1.92. The molecule has 5 nitrogen and oxygen atoms in total. The van der Waals surface area contributed by atoms with E-state index in [0.717, 1.165) is 51.6 Å². The number of amides is 1. The smallest absolute Gasteiger partial charge is 0.310 e. The van der Waals surface area contributed by atoms with E-state index in [1.165, 1.54) is 7.11 Å². The van der Waals surface area contributed by atoms with E-state index in [1.54, 1.807) is 0 Å². The van der Waals surface area contributed by atoms with Gasteiger partial charge in [0.25, 0.3) is 0 Å². The summed E-state index contributed by atoms with van der Waals surface area (Å²) in [6.45, 7) is 2.91. The lowest BCUT2D eigenvalue weighted by Crippen LogP contribution is -2.57. The largest absolute Gasteiger partial charge is 0.469 e. The van der Waals surface area contributed by atoms with Crippen molar-refractivity contribution in [3.05, 3.63) is 0 Å². The molecule has 1 heterocycles. The molecule has 1 saturated heterocycles. The zero-order valence-electron chi connectivity index (χ0n) is 13.2. The second kappa shape index (κ2) is 7.25. The van der Waals surface area contributed by atoms with Crippen molar-refractivity contribution in [1.82, 2.24) is 5.32 Å². The Morgan fingerprint density at radius 3 is 2.67 bits per heavy atom. The summed E-state index contributed by atoms with van der Waals surface area (Å²) in [5.41, 5.74) is -0.105. The predicted octanol–water partition coefficient (Wildman–Crippen LogP) is 2.18. The highest BCUT2D eigenvalue weighted by Gasteiger charge is 2.48. The normalized spacial score (nSPS) is 31.5. The molecule has 0 radical (unpaired) electrons. The monoisotopic (exact) mass is 297 g/mol. The number of unbranched alkanes of at least 4 members (excludes halogenated alkanes) is 2. The average Bonchev–Trinajstić information content (AvgIpc) is 2.45. The third kappa shape index (κ3) is 3.96. The van der Waals surface area contributed by atoms with E-state index >= 15 is 0 Å². The van der Waals surface area contributed by atoms with Crippen molar-refractivity contribution in [2.45, 2.75) is 69.9 Å². The first-order chi connectivity index (χ1) is 10.1. The molecule has 1 amide bonds. The SMILES string of the molecule is CCCCCC(=O)NC1CC2(CCO2)CCC1C(=O)OC. The first-order valence-electron chi connectivity index (χ1n) is 8.11. The minimum Gasteiger partial charge on any atom is -0.469 e. The van der Waals surface area contributed by atoms with E-state index in [-0.39, 0.29) is 29.4 Å². The summed E-state index contributed by atoms with van der Waals surface area (Å²) < 4.78 is 10.6. The second-order valence-electron chi connectivity index (χ2n) is 6.29. The van der Waals surface area contributed by atoms with E-state index in [0.29, 0.717) is 6.42 Å². The molecule has 0 aromatic carbocycles. The van der Waals surface area contributed by atoms with Crippen LogP contribution in [-0.2, 0) is 19.1 Å². The molecule has 120 valence electrons. The maximum Gasteiger partial charge on any atom is 0.310 e. The lowest BCUT2D eigenvalue weighted by atomic mass is 9.72. The van der Waals surface area contributed by atoms with E-state index in [2.05, 4.69) is 12.2 Å². The van der Waals surface area contributed by atoms with Gasteiger partial charge < -0.3 is 14.8 Å². The fourth-order valence-electron chi connectivity index (χ4n) is 3.41. The first kappa shape index (κ1) is 16.3. The van der Waals surface area contributed by atoms with Crippen LogP contribution < -0.4 is 5.32 Å². The van der Waals surface area contributed by atoms with Crippen LogP contribution in [0.4, 0.5) is 0 Å². The van der Waals surface area contributed by atoms with Gasteiger partial charge >= 0.3 is 5.97 Å². The third-order valence-corrected chi connectivity index (χ3v) is 4.81. The third-order valence-electron chi connectivity index (χ3n) is 4.81. The second-order valence-corrected chi connectivity index (χ2v) is 6.29. The molecule has 1 N–H and O–H groups in total. The lowest BCUT2D eigenvalue weighted by molar-refractivity contribution is -0.182. The molecular formula is C16H27NO4. The molecule has 0 aromatic rings. The number of methoxy groups -OCH3 is 1. The molecule has 0 bridgehead atoms. The fraction of sp³-hybridized carbons (Fsp3) is 0.875. The van der Waals surface area contributed by atoms with Gasteiger partial charge in [-0.15, -0.1) is 0 Å². The van der Waals surface area contributed by atoms with Crippen molar-refractivity contribution in [1.29, 1.82) is 0 Å². The van der Waals surface area contributed by atoms with E-state index < -0.39 is 0 Å². The van der Waals surface area contributed by atoms with Crippen LogP contribution in [0, 0.1) is 5.92 Å². The number of carbonyl (C=O) groups is 2. The minimum absolute atomic E-state index is 0.0405. The molecule has 21 heavy (non-hydrogen) atoms. The number of carbonyl (C=O) groups excluding carboxylic acids is 2. The molecule has 1 spiro atoms. The molecule has 5 heteroatoms. The van der Waals surface area contributed by atoms with Crippen LogP contribution in [0.25, 0.3) is 0 Å². The van der Waals surface area contributed by atoms with Crippen LogP contribution in [0.15, 0.2) is 0 Å². The van der Waals surface area contributed by atoms with Crippen molar-refractivity contribution >= 4 is 11.9 Å². The van der Waals surface area contributed by atoms with Crippen LogP contribution in [0.1, 0.15) is 58.3 Å². The van der Waals surface area contributed by atoms with Gasteiger partial charge in [0.05, 0.1) is 25.2 Å². The van der Waals surface area contributed by atoms with Crippen LogP contribution in [-0.4, -0.2) is 37.2 Å². The highest BCUT2D eigenvalue weighted by atomic mass is 16.5.